The fraction of sp³-hybridized carbons (Fsp3) is 0.357. The third-order valence-corrected chi connectivity index (χ3v) is 4.54. The standard InChI is InChI=1S/C14H15N3O4S/c1-8(18)15-6-10-7-17(13(19)21-10)9-3-4-11-12(5-9)22-14(20)16(11)2/h3-5,10H,6-7H2,1-2H3,(H,15,18)/t10-/m0/s1. The van der Waals surface area contributed by atoms with Crippen LogP contribution < -0.4 is 15.1 Å². The van der Waals surface area contributed by atoms with Crippen molar-refractivity contribution in [3.05, 3.63) is 27.9 Å². The molecule has 2 aromatic rings. The number of hydrogen-bond donors (Lipinski definition) is 1. The predicted octanol–water partition coefficient (Wildman–Crippen LogP) is 1.06. The highest BCUT2D eigenvalue weighted by Crippen LogP contribution is 2.27. The lowest BCUT2D eigenvalue weighted by atomic mass is 10.2. The Hall–Kier alpha value is -2.35. The lowest BCUT2D eigenvalue weighted by Gasteiger charge is -2.13. The summed E-state index contributed by atoms with van der Waals surface area (Å²) in [5.74, 6) is -0.162. The number of anilines is 1. The molecule has 0 radical (unpaired) electrons. The molecule has 116 valence electrons. The second kappa shape index (κ2) is 5.45. The number of carbonyl (C=O) groups is 2. The van der Waals surface area contributed by atoms with Crippen molar-refractivity contribution in [3.63, 3.8) is 0 Å². The van der Waals surface area contributed by atoms with E-state index in [0.717, 1.165) is 21.6 Å². The molecule has 1 aromatic carbocycles. The molecule has 1 aliphatic heterocycles. The van der Waals surface area contributed by atoms with Crippen LogP contribution in [0.15, 0.2) is 23.0 Å². The smallest absolute Gasteiger partial charge is 0.414 e. The molecule has 0 aliphatic carbocycles. The summed E-state index contributed by atoms with van der Waals surface area (Å²) < 4.78 is 7.63. The minimum Gasteiger partial charge on any atom is -0.442 e. The molecule has 1 fully saturated rings. The van der Waals surface area contributed by atoms with Gasteiger partial charge < -0.3 is 14.6 Å². The normalized spacial score (nSPS) is 17.8. The first-order valence-corrected chi connectivity index (χ1v) is 7.59. The molecule has 1 atom stereocenters. The Labute approximate surface area is 130 Å². The lowest BCUT2D eigenvalue weighted by molar-refractivity contribution is -0.119. The molecule has 1 N–H and O–H groups in total. The number of nitrogens with zero attached hydrogens (tertiary/aromatic N) is 2. The van der Waals surface area contributed by atoms with E-state index < -0.39 is 6.09 Å². The van der Waals surface area contributed by atoms with Gasteiger partial charge in [-0.3, -0.25) is 14.5 Å². The Morgan fingerprint density at radius 3 is 2.95 bits per heavy atom. The molecule has 0 unspecified atom stereocenters. The van der Waals surface area contributed by atoms with E-state index in [1.165, 1.54) is 11.8 Å². The molecular weight excluding hydrogens is 306 g/mol. The van der Waals surface area contributed by atoms with Crippen LogP contribution in [0, 0.1) is 0 Å². The van der Waals surface area contributed by atoms with Gasteiger partial charge in [-0.2, -0.15) is 0 Å². The van der Waals surface area contributed by atoms with Crippen LogP contribution in [0.1, 0.15) is 6.92 Å². The fourth-order valence-corrected chi connectivity index (χ4v) is 3.30. The van der Waals surface area contributed by atoms with E-state index in [0.29, 0.717) is 18.8 Å². The Balaban J connectivity index is 1.83. The van der Waals surface area contributed by atoms with Crippen molar-refractivity contribution >= 4 is 39.2 Å². The monoisotopic (exact) mass is 321 g/mol. The number of thiazole rings is 1. The number of fused-ring (bicyclic) bond motifs is 1. The Kier molecular flexibility index (Phi) is 3.61. The Bertz CT molecular complexity index is 810. The first-order valence-electron chi connectivity index (χ1n) is 6.78. The number of rotatable bonds is 3. The molecule has 0 saturated carbocycles. The van der Waals surface area contributed by atoms with Gasteiger partial charge in [-0.25, -0.2) is 4.79 Å². The molecule has 8 heteroatoms. The maximum absolute atomic E-state index is 12.0. The van der Waals surface area contributed by atoms with Crippen LogP contribution in [-0.2, 0) is 16.6 Å². The minimum absolute atomic E-state index is 0.0420. The van der Waals surface area contributed by atoms with E-state index in [2.05, 4.69) is 5.32 Å². The summed E-state index contributed by atoms with van der Waals surface area (Å²) in [4.78, 5) is 36.0. The van der Waals surface area contributed by atoms with Gasteiger partial charge >= 0.3 is 11.0 Å². The van der Waals surface area contributed by atoms with E-state index >= 15 is 0 Å². The summed E-state index contributed by atoms with van der Waals surface area (Å²) in [5, 5.41) is 2.64. The number of carbonyl (C=O) groups excluding carboxylic acids is 2. The van der Waals surface area contributed by atoms with Gasteiger partial charge in [0.1, 0.15) is 6.10 Å². The summed E-state index contributed by atoms with van der Waals surface area (Å²) in [7, 11) is 1.72. The second-order valence-electron chi connectivity index (χ2n) is 5.13. The largest absolute Gasteiger partial charge is 0.442 e. The van der Waals surface area contributed by atoms with Gasteiger partial charge in [-0.15, -0.1) is 0 Å². The van der Waals surface area contributed by atoms with Crippen LogP contribution in [-0.4, -0.2) is 35.8 Å². The van der Waals surface area contributed by atoms with Crippen molar-refractivity contribution in [2.75, 3.05) is 18.0 Å². The number of hydrogen-bond acceptors (Lipinski definition) is 5. The third kappa shape index (κ3) is 2.57. The fourth-order valence-electron chi connectivity index (χ4n) is 2.39. The maximum atomic E-state index is 12.0. The van der Waals surface area contributed by atoms with Crippen molar-refractivity contribution in [2.45, 2.75) is 13.0 Å². The average Bonchev–Trinajstić information content (AvgIpc) is 2.97. The number of amides is 2. The zero-order valence-corrected chi connectivity index (χ0v) is 13.0. The first-order chi connectivity index (χ1) is 10.5. The molecule has 1 saturated heterocycles. The molecule has 1 aliphatic rings. The first kappa shape index (κ1) is 14.6. The highest BCUT2D eigenvalue weighted by molar-refractivity contribution is 7.16. The van der Waals surface area contributed by atoms with Gasteiger partial charge in [-0.05, 0) is 18.2 Å². The zero-order valence-electron chi connectivity index (χ0n) is 12.2. The van der Waals surface area contributed by atoms with E-state index in [-0.39, 0.29) is 16.9 Å². The van der Waals surface area contributed by atoms with Crippen LogP contribution in [0.4, 0.5) is 10.5 Å². The van der Waals surface area contributed by atoms with Gasteiger partial charge in [0.2, 0.25) is 5.91 Å². The van der Waals surface area contributed by atoms with Gasteiger partial charge in [0.15, 0.2) is 0 Å². The van der Waals surface area contributed by atoms with E-state index in [9.17, 15) is 14.4 Å². The number of ether oxygens (including phenoxy) is 1. The molecule has 22 heavy (non-hydrogen) atoms. The highest BCUT2D eigenvalue weighted by Gasteiger charge is 2.32. The van der Waals surface area contributed by atoms with Crippen LogP contribution in [0.2, 0.25) is 0 Å². The molecule has 3 rings (SSSR count). The predicted molar refractivity (Wildman–Crippen MR) is 83.4 cm³/mol. The van der Waals surface area contributed by atoms with E-state index in [1.807, 2.05) is 12.1 Å². The highest BCUT2D eigenvalue weighted by atomic mass is 32.1. The van der Waals surface area contributed by atoms with Crippen LogP contribution >= 0.6 is 11.3 Å². The van der Waals surface area contributed by atoms with Gasteiger partial charge in [0, 0.05) is 19.7 Å². The van der Waals surface area contributed by atoms with Crippen molar-refractivity contribution < 1.29 is 14.3 Å². The van der Waals surface area contributed by atoms with Crippen molar-refractivity contribution in [1.82, 2.24) is 9.88 Å². The summed E-state index contributed by atoms with van der Waals surface area (Å²) in [5.41, 5.74) is 1.52. The summed E-state index contributed by atoms with van der Waals surface area (Å²) in [6, 6.07) is 5.41. The number of nitrogens with one attached hydrogen (secondary N) is 1. The average molecular weight is 321 g/mol. The molecule has 0 bridgehead atoms. The van der Waals surface area contributed by atoms with E-state index in [1.54, 1.807) is 17.7 Å². The molecule has 7 nitrogen and oxygen atoms in total. The van der Waals surface area contributed by atoms with Crippen molar-refractivity contribution in [1.29, 1.82) is 0 Å². The quantitative estimate of drug-likeness (QED) is 0.916. The van der Waals surface area contributed by atoms with Crippen molar-refractivity contribution in [2.24, 2.45) is 7.05 Å². The number of aromatic nitrogens is 1. The van der Waals surface area contributed by atoms with Crippen LogP contribution in [0.3, 0.4) is 0 Å². The molecule has 2 heterocycles. The maximum Gasteiger partial charge on any atom is 0.414 e. The number of benzene rings is 1. The van der Waals surface area contributed by atoms with Crippen LogP contribution in [0.25, 0.3) is 10.2 Å². The molecule has 0 spiro atoms. The Morgan fingerprint density at radius 2 is 2.23 bits per heavy atom. The van der Waals surface area contributed by atoms with Crippen LogP contribution in [0.5, 0.6) is 0 Å². The second-order valence-corrected chi connectivity index (χ2v) is 6.13. The van der Waals surface area contributed by atoms with Gasteiger partial charge in [0.25, 0.3) is 0 Å². The SMILES string of the molecule is CC(=O)NC[C@H]1CN(c2ccc3c(c2)sc(=O)n3C)C(=O)O1. The van der Waals surface area contributed by atoms with E-state index in [4.69, 9.17) is 4.74 Å². The zero-order chi connectivity index (χ0) is 15.9. The summed E-state index contributed by atoms with van der Waals surface area (Å²) in [6.07, 6.45) is -0.820. The third-order valence-electron chi connectivity index (χ3n) is 3.54. The van der Waals surface area contributed by atoms with Gasteiger partial charge in [-0.1, -0.05) is 11.3 Å². The number of cyclic esters (lactones) is 1. The molecular formula is C14H15N3O4S. The number of aryl methyl sites for hydroxylation is 1. The molecule has 1 aromatic heterocycles. The Morgan fingerprint density at radius 1 is 1.45 bits per heavy atom. The summed E-state index contributed by atoms with van der Waals surface area (Å²) >= 11 is 1.14. The topological polar surface area (TPSA) is 80.6 Å². The summed E-state index contributed by atoms with van der Waals surface area (Å²) in [6.45, 7) is 2.07. The lowest BCUT2D eigenvalue weighted by Crippen LogP contribution is -2.33. The van der Waals surface area contributed by atoms with Gasteiger partial charge in [0.05, 0.1) is 23.3 Å². The van der Waals surface area contributed by atoms with Crippen molar-refractivity contribution in [3.8, 4) is 0 Å². The minimum atomic E-state index is -0.446. The molecule has 2 amide bonds.